The van der Waals surface area contributed by atoms with Crippen LogP contribution >= 0.6 is 0 Å². The molecule has 4 heteroatoms. The molecule has 1 aromatic carbocycles. The lowest BCUT2D eigenvalue weighted by atomic mass is 9.65. The summed E-state index contributed by atoms with van der Waals surface area (Å²) in [5.41, 5.74) is 1.14. The first kappa shape index (κ1) is 15.0. The molecule has 0 amide bonds. The fourth-order valence-electron chi connectivity index (χ4n) is 3.48. The summed E-state index contributed by atoms with van der Waals surface area (Å²) < 4.78 is 23.7. The third kappa shape index (κ3) is 2.50. The molecule has 1 saturated heterocycles. The summed E-state index contributed by atoms with van der Waals surface area (Å²) in [7, 11) is 1.71. The summed E-state index contributed by atoms with van der Waals surface area (Å²) in [5, 5.41) is 0. The Kier molecular flexibility index (Phi) is 3.82. The lowest BCUT2D eigenvalue weighted by Crippen LogP contribution is -2.72. The van der Waals surface area contributed by atoms with Gasteiger partial charge in [-0.3, -0.25) is 0 Å². The first-order chi connectivity index (χ1) is 9.98. The van der Waals surface area contributed by atoms with Gasteiger partial charge in [0.05, 0.1) is 25.2 Å². The predicted octanol–water partition coefficient (Wildman–Crippen LogP) is 2.96. The minimum Gasteiger partial charge on any atom is -0.352 e. The van der Waals surface area contributed by atoms with Crippen molar-refractivity contribution in [2.45, 2.75) is 45.1 Å². The van der Waals surface area contributed by atoms with Crippen LogP contribution in [0.5, 0.6) is 0 Å². The van der Waals surface area contributed by atoms with Crippen molar-refractivity contribution in [2.75, 3.05) is 13.7 Å². The summed E-state index contributed by atoms with van der Waals surface area (Å²) in [5.74, 6) is -0.834. The molecule has 4 atom stereocenters. The van der Waals surface area contributed by atoms with Crippen LogP contribution in [0.15, 0.2) is 30.3 Å². The van der Waals surface area contributed by atoms with Gasteiger partial charge in [0.2, 0.25) is 0 Å². The van der Waals surface area contributed by atoms with Crippen LogP contribution in [0.1, 0.15) is 26.3 Å². The molecule has 0 radical (unpaired) electrons. The van der Waals surface area contributed by atoms with Gasteiger partial charge >= 0.3 is 0 Å². The van der Waals surface area contributed by atoms with Crippen molar-refractivity contribution in [1.82, 2.24) is 0 Å². The maximum Gasteiger partial charge on any atom is 0.180 e. The Bertz CT molecular complexity index is 487. The molecular weight excluding hydrogens is 268 g/mol. The number of fused-ring (bicyclic) bond motifs is 1. The van der Waals surface area contributed by atoms with E-state index in [1.54, 1.807) is 7.11 Å². The van der Waals surface area contributed by atoms with Crippen LogP contribution in [-0.4, -0.2) is 31.4 Å². The van der Waals surface area contributed by atoms with Gasteiger partial charge in [-0.25, -0.2) is 0 Å². The molecule has 1 aliphatic heterocycles. The second kappa shape index (κ2) is 5.36. The largest absolute Gasteiger partial charge is 0.352 e. The molecule has 1 heterocycles. The number of rotatable bonds is 4. The number of ether oxygens (including phenoxy) is 4. The van der Waals surface area contributed by atoms with E-state index in [-0.39, 0.29) is 17.9 Å². The van der Waals surface area contributed by atoms with E-state index in [1.165, 1.54) is 0 Å². The zero-order valence-electron chi connectivity index (χ0n) is 13.2. The van der Waals surface area contributed by atoms with Gasteiger partial charge in [-0.05, 0) is 19.4 Å². The van der Waals surface area contributed by atoms with E-state index < -0.39 is 11.6 Å². The average molecular weight is 292 g/mol. The molecule has 1 aromatic rings. The molecule has 2 fully saturated rings. The first-order valence-corrected chi connectivity index (χ1v) is 7.53. The normalized spacial score (nSPS) is 37.6. The van der Waals surface area contributed by atoms with Crippen LogP contribution in [-0.2, 0) is 25.6 Å². The van der Waals surface area contributed by atoms with Crippen LogP contribution in [0.4, 0.5) is 0 Å². The average Bonchev–Trinajstić information content (AvgIpc) is 2.49. The summed E-state index contributed by atoms with van der Waals surface area (Å²) in [6.07, 6.45) is 0.129. The van der Waals surface area contributed by atoms with E-state index in [0.717, 1.165) is 5.56 Å². The number of hydrogen-bond donors (Lipinski definition) is 0. The van der Waals surface area contributed by atoms with Gasteiger partial charge in [0.1, 0.15) is 0 Å². The molecule has 1 saturated carbocycles. The highest BCUT2D eigenvalue weighted by molar-refractivity contribution is 5.14. The highest BCUT2D eigenvalue weighted by atomic mass is 16.7. The van der Waals surface area contributed by atoms with Crippen molar-refractivity contribution >= 4 is 0 Å². The van der Waals surface area contributed by atoms with Crippen LogP contribution in [0.25, 0.3) is 0 Å². The topological polar surface area (TPSA) is 36.9 Å². The van der Waals surface area contributed by atoms with Crippen LogP contribution in [0.3, 0.4) is 0 Å². The van der Waals surface area contributed by atoms with Crippen molar-refractivity contribution in [3.63, 3.8) is 0 Å². The van der Waals surface area contributed by atoms with Crippen LogP contribution in [0.2, 0.25) is 0 Å². The van der Waals surface area contributed by atoms with Crippen molar-refractivity contribution in [1.29, 1.82) is 0 Å². The quantitative estimate of drug-likeness (QED) is 0.800. The van der Waals surface area contributed by atoms with Crippen molar-refractivity contribution in [2.24, 2.45) is 11.8 Å². The zero-order chi connectivity index (χ0) is 15.1. The monoisotopic (exact) mass is 292 g/mol. The van der Waals surface area contributed by atoms with E-state index in [0.29, 0.717) is 13.2 Å². The SMILES string of the molecule is COC1(OCc2ccccc2)C(C)C2OC(C)(C)OCC21. The van der Waals surface area contributed by atoms with E-state index in [4.69, 9.17) is 18.9 Å². The van der Waals surface area contributed by atoms with Gasteiger partial charge in [0.25, 0.3) is 0 Å². The smallest absolute Gasteiger partial charge is 0.180 e. The maximum atomic E-state index is 6.17. The minimum atomic E-state index is -0.614. The summed E-state index contributed by atoms with van der Waals surface area (Å²) in [4.78, 5) is 0. The molecule has 3 rings (SSSR count). The maximum absolute atomic E-state index is 6.17. The second-order valence-electron chi connectivity index (χ2n) is 6.39. The molecule has 0 N–H and O–H groups in total. The zero-order valence-corrected chi connectivity index (χ0v) is 13.2. The molecule has 0 bridgehead atoms. The van der Waals surface area contributed by atoms with Gasteiger partial charge < -0.3 is 18.9 Å². The van der Waals surface area contributed by atoms with Gasteiger partial charge in [-0.15, -0.1) is 0 Å². The Morgan fingerprint density at radius 1 is 1.24 bits per heavy atom. The van der Waals surface area contributed by atoms with Gasteiger partial charge in [0.15, 0.2) is 11.6 Å². The van der Waals surface area contributed by atoms with Crippen molar-refractivity contribution < 1.29 is 18.9 Å². The number of methoxy groups -OCH3 is 1. The van der Waals surface area contributed by atoms with Gasteiger partial charge in [-0.1, -0.05) is 37.3 Å². The second-order valence-corrected chi connectivity index (χ2v) is 6.39. The Morgan fingerprint density at radius 3 is 2.62 bits per heavy atom. The summed E-state index contributed by atoms with van der Waals surface area (Å²) in [6.45, 7) is 7.16. The van der Waals surface area contributed by atoms with E-state index in [1.807, 2.05) is 32.0 Å². The van der Waals surface area contributed by atoms with Gasteiger partial charge in [0, 0.05) is 13.0 Å². The summed E-state index contributed by atoms with van der Waals surface area (Å²) >= 11 is 0. The Labute approximate surface area is 126 Å². The standard InChI is InChI=1S/C17H24O4/c1-12-15-14(11-19-16(2,3)21-15)17(12,18-4)20-10-13-8-6-5-7-9-13/h5-9,12,14-15H,10-11H2,1-4H3. The van der Waals surface area contributed by atoms with Gasteiger partial charge in [-0.2, -0.15) is 0 Å². The highest BCUT2D eigenvalue weighted by Gasteiger charge is 2.65. The minimum absolute atomic E-state index is 0.120. The molecule has 4 unspecified atom stereocenters. The lowest BCUT2D eigenvalue weighted by molar-refractivity contribution is -0.441. The number of hydrogen-bond acceptors (Lipinski definition) is 4. The Morgan fingerprint density at radius 2 is 1.95 bits per heavy atom. The fourth-order valence-corrected chi connectivity index (χ4v) is 3.48. The van der Waals surface area contributed by atoms with Crippen LogP contribution < -0.4 is 0 Å². The molecule has 4 nitrogen and oxygen atoms in total. The van der Waals surface area contributed by atoms with E-state index in [2.05, 4.69) is 19.1 Å². The fraction of sp³-hybridized carbons (Fsp3) is 0.647. The molecule has 1 aliphatic carbocycles. The predicted molar refractivity (Wildman–Crippen MR) is 78.5 cm³/mol. The van der Waals surface area contributed by atoms with Crippen molar-refractivity contribution in [3.05, 3.63) is 35.9 Å². The molecule has 116 valence electrons. The summed E-state index contributed by atoms with van der Waals surface area (Å²) in [6, 6.07) is 10.1. The van der Waals surface area contributed by atoms with Crippen molar-refractivity contribution in [3.8, 4) is 0 Å². The number of benzene rings is 1. The molecule has 0 aromatic heterocycles. The van der Waals surface area contributed by atoms with Crippen LogP contribution in [0, 0.1) is 11.8 Å². The molecule has 21 heavy (non-hydrogen) atoms. The first-order valence-electron chi connectivity index (χ1n) is 7.53. The highest BCUT2D eigenvalue weighted by Crippen LogP contribution is 2.53. The Balaban J connectivity index is 1.70. The molecule has 0 spiro atoms. The third-order valence-corrected chi connectivity index (χ3v) is 4.70. The molecule has 2 aliphatic rings. The van der Waals surface area contributed by atoms with E-state index >= 15 is 0 Å². The molecular formula is C17H24O4. The lowest BCUT2D eigenvalue weighted by Gasteiger charge is -2.61. The Hall–Kier alpha value is -0.940. The van der Waals surface area contributed by atoms with E-state index in [9.17, 15) is 0 Å². The third-order valence-electron chi connectivity index (χ3n) is 4.70.